The van der Waals surface area contributed by atoms with Crippen LogP contribution in [0, 0.1) is 0 Å². The molecular formula is C16H22N2O3. The van der Waals surface area contributed by atoms with Crippen molar-refractivity contribution in [2.24, 2.45) is 0 Å². The first-order valence-electron chi connectivity index (χ1n) is 7.64. The summed E-state index contributed by atoms with van der Waals surface area (Å²) in [7, 11) is 0. The molecule has 0 aromatic heterocycles. The number of carboxylic acid groups (broad SMARTS) is 1. The van der Waals surface area contributed by atoms with Gasteiger partial charge in [-0.05, 0) is 12.5 Å². The Hall–Kier alpha value is -1.59. The fraction of sp³-hybridized carbons (Fsp3) is 0.562. The molecule has 1 aromatic rings. The summed E-state index contributed by atoms with van der Waals surface area (Å²) in [6.07, 6.45) is 2.03. The molecule has 1 N–H and O–H groups in total. The predicted molar refractivity (Wildman–Crippen MR) is 79.6 cm³/mol. The van der Waals surface area contributed by atoms with Crippen LogP contribution in [0.3, 0.4) is 0 Å². The number of ether oxygens (including phenoxy) is 1. The molecule has 114 valence electrons. The molecule has 1 unspecified atom stereocenters. The van der Waals surface area contributed by atoms with Crippen LogP contribution >= 0.6 is 0 Å². The van der Waals surface area contributed by atoms with Crippen molar-refractivity contribution in [3.8, 4) is 5.75 Å². The maximum absolute atomic E-state index is 10.9. The maximum atomic E-state index is 10.9. The highest BCUT2D eigenvalue weighted by Crippen LogP contribution is 2.36. The van der Waals surface area contributed by atoms with Gasteiger partial charge in [0, 0.05) is 44.2 Å². The highest BCUT2D eigenvalue weighted by Gasteiger charge is 2.28. The highest BCUT2D eigenvalue weighted by molar-refractivity contribution is 5.69. The molecule has 5 nitrogen and oxygen atoms in total. The van der Waals surface area contributed by atoms with Crippen LogP contribution in [0.25, 0.3) is 0 Å². The van der Waals surface area contributed by atoms with Crippen LogP contribution in [0.1, 0.15) is 24.4 Å². The van der Waals surface area contributed by atoms with Crippen molar-refractivity contribution in [2.75, 3.05) is 39.3 Å². The predicted octanol–water partition coefficient (Wildman–Crippen LogP) is 1.60. The van der Waals surface area contributed by atoms with Gasteiger partial charge in [-0.2, -0.15) is 0 Å². The van der Waals surface area contributed by atoms with Gasteiger partial charge in [0.25, 0.3) is 0 Å². The second kappa shape index (κ2) is 6.45. The molecule has 0 aliphatic carbocycles. The number of hydrogen-bond donors (Lipinski definition) is 1. The van der Waals surface area contributed by atoms with E-state index in [0.29, 0.717) is 6.04 Å². The zero-order valence-electron chi connectivity index (χ0n) is 12.2. The van der Waals surface area contributed by atoms with E-state index in [1.54, 1.807) is 0 Å². The van der Waals surface area contributed by atoms with Crippen molar-refractivity contribution < 1.29 is 14.6 Å². The van der Waals surface area contributed by atoms with Gasteiger partial charge in [-0.15, -0.1) is 0 Å². The molecule has 5 heteroatoms. The molecule has 0 saturated carbocycles. The van der Waals surface area contributed by atoms with Crippen molar-refractivity contribution in [1.29, 1.82) is 0 Å². The molecule has 0 bridgehead atoms. The monoisotopic (exact) mass is 290 g/mol. The Morgan fingerprint density at radius 2 is 2.10 bits per heavy atom. The fourth-order valence-electron chi connectivity index (χ4n) is 3.35. The normalized spacial score (nSPS) is 23.9. The summed E-state index contributed by atoms with van der Waals surface area (Å²) in [5.41, 5.74) is 1.27. The first-order chi connectivity index (χ1) is 10.2. The molecule has 21 heavy (non-hydrogen) atoms. The van der Waals surface area contributed by atoms with Crippen molar-refractivity contribution >= 4 is 5.97 Å². The summed E-state index contributed by atoms with van der Waals surface area (Å²) < 4.78 is 5.73. The Balaban J connectivity index is 1.69. The van der Waals surface area contributed by atoms with Crippen LogP contribution in [-0.2, 0) is 4.79 Å². The largest absolute Gasteiger partial charge is 0.493 e. The average molecular weight is 290 g/mol. The average Bonchev–Trinajstić information content (AvgIpc) is 2.71. The molecule has 3 rings (SSSR count). The zero-order valence-corrected chi connectivity index (χ0v) is 12.2. The minimum Gasteiger partial charge on any atom is -0.493 e. The number of carbonyl (C=O) groups is 1. The van der Waals surface area contributed by atoms with Gasteiger partial charge >= 0.3 is 5.97 Å². The number of rotatable bonds is 3. The molecule has 2 aliphatic heterocycles. The molecule has 2 aliphatic rings. The summed E-state index contributed by atoms with van der Waals surface area (Å²) in [4.78, 5) is 15.4. The molecule has 1 fully saturated rings. The summed E-state index contributed by atoms with van der Waals surface area (Å²) in [5.74, 6) is 0.264. The van der Waals surface area contributed by atoms with Gasteiger partial charge in [0.1, 0.15) is 5.75 Å². The number of para-hydroxylation sites is 1. The van der Waals surface area contributed by atoms with Gasteiger partial charge in [0.15, 0.2) is 0 Å². The zero-order chi connectivity index (χ0) is 14.7. The molecule has 1 aromatic carbocycles. The van der Waals surface area contributed by atoms with Crippen LogP contribution in [-0.4, -0.2) is 60.2 Å². The number of fused-ring (bicyclic) bond motifs is 1. The fourth-order valence-corrected chi connectivity index (χ4v) is 3.35. The van der Waals surface area contributed by atoms with E-state index in [1.165, 1.54) is 5.56 Å². The first-order valence-corrected chi connectivity index (χ1v) is 7.64. The van der Waals surface area contributed by atoms with Crippen molar-refractivity contribution in [3.05, 3.63) is 29.8 Å². The second-order valence-electron chi connectivity index (χ2n) is 5.75. The van der Waals surface area contributed by atoms with Gasteiger partial charge in [-0.25, -0.2) is 0 Å². The molecular weight excluding hydrogens is 268 g/mol. The third-order valence-corrected chi connectivity index (χ3v) is 4.35. The lowest BCUT2D eigenvalue weighted by molar-refractivity contribution is -0.138. The lowest BCUT2D eigenvalue weighted by Crippen LogP contribution is -2.37. The summed E-state index contributed by atoms with van der Waals surface area (Å²) in [5, 5.41) is 8.93. The molecule has 0 radical (unpaired) electrons. The summed E-state index contributed by atoms with van der Waals surface area (Å²) >= 11 is 0. The van der Waals surface area contributed by atoms with Gasteiger partial charge in [-0.3, -0.25) is 14.6 Å². The Kier molecular flexibility index (Phi) is 4.41. The highest BCUT2D eigenvalue weighted by atomic mass is 16.5. The lowest BCUT2D eigenvalue weighted by atomic mass is 9.99. The van der Waals surface area contributed by atoms with Gasteiger partial charge in [-0.1, -0.05) is 18.2 Å². The van der Waals surface area contributed by atoms with Gasteiger partial charge in [0.2, 0.25) is 0 Å². The minimum atomic E-state index is -0.736. The topological polar surface area (TPSA) is 53.0 Å². The third kappa shape index (κ3) is 3.36. The Bertz CT molecular complexity index is 506. The molecule has 0 amide bonds. The number of hydrogen-bond acceptors (Lipinski definition) is 4. The Morgan fingerprint density at radius 3 is 2.95 bits per heavy atom. The maximum Gasteiger partial charge on any atom is 0.317 e. The van der Waals surface area contributed by atoms with E-state index in [0.717, 1.165) is 51.4 Å². The van der Waals surface area contributed by atoms with Crippen LogP contribution in [0.5, 0.6) is 5.75 Å². The molecule has 1 atom stereocenters. The second-order valence-corrected chi connectivity index (χ2v) is 5.75. The van der Waals surface area contributed by atoms with E-state index in [9.17, 15) is 4.79 Å². The smallest absolute Gasteiger partial charge is 0.317 e. The van der Waals surface area contributed by atoms with E-state index in [2.05, 4.69) is 17.0 Å². The Labute approximate surface area is 125 Å². The molecule has 0 spiro atoms. The van der Waals surface area contributed by atoms with Crippen molar-refractivity contribution in [1.82, 2.24) is 9.80 Å². The molecule has 2 heterocycles. The number of benzene rings is 1. The minimum absolute atomic E-state index is 0.151. The number of carboxylic acids is 1. The SMILES string of the molecule is O=C(O)CN1CCCN(C2CCOc3ccccc32)CC1. The van der Waals surface area contributed by atoms with Gasteiger partial charge in [0.05, 0.1) is 13.2 Å². The quantitative estimate of drug-likeness (QED) is 0.916. The standard InChI is InChI=1S/C16H22N2O3/c19-16(20)12-17-7-3-8-18(10-9-17)14-6-11-21-15-5-2-1-4-13(14)15/h1-2,4-5,14H,3,6-12H2,(H,19,20). The third-order valence-electron chi connectivity index (χ3n) is 4.35. The van der Waals surface area contributed by atoms with Crippen LogP contribution in [0.4, 0.5) is 0 Å². The van der Waals surface area contributed by atoms with Crippen LogP contribution in [0.2, 0.25) is 0 Å². The first kappa shape index (κ1) is 14.4. The van der Waals surface area contributed by atoms with E-state index in [-0.39, 0.29) is 6.54 Å². The lowest BCUT2D eigenvalue weighted by Gasteiger charge is -2.35. The van der Waals surface area contributed by atoms with Crippen LogP contribution in [0.15, 0.2) is 24.3 Å². The van der Waals surface area contributed by atoms with Crippen molar-refractivity contribution in [3.63, 3.8) is 0 Å². The van der Waals surface area contributed by atoms with Gasteiger partial charge < -0.3 is 9.84 Å². The summed E-state index contributed by atoms with van der Waals surface area (Å²) in [6.45, 7) is 4.55. The Morgan fingerprint density at radius 1 is 1.24 bits per heavy atom. The van der Waals surface area contributed by atoms with E-state index >= 15 is 0 Å². The van der Waals surface area contributed by atoms with Crippen LogP contribution < -0.4 is 4.74 Å². The summed E-state index contributed by atoms with van der Waals surface area (Å²) in [6, 6.07) is 8.67. The van der Waals surface area contributed by atoms with E-state index in [4.69, 9.17) is 9.84 Å². The van der Waals surface area contributed by atoms with E-state index < -0.39 is 5.97 Å². The van der Waals surface area contributed by atoms with E-state index in [1.807, 2.05) is 17.0 Å². The van der Waals surface area contributed by atoms with Crippen molar-refractivity contribution in [2.45, 2.75) is 18.9 Å². The number of aliphatic carboxylic acids is 1. The number of nitrogens with zero attached hydrogens (tertiary/aromatic N) is 2. The molecule has 1 saturated heterocycles.